The number of para-hydroxylation sites is 1. The van der Waals surface area contributed by atoms with Gasteiger partial charge < -0.3 is 15.4 Å². The molecule has 24 heavy (non-hydrogen) atoms. The molecule has 0 atom stereocenters. The highest BCUT2D eigenvalue weighted by atomic mass is 16.5. The van der Waals surface area contributed by atoms with Gasteiger partial charge in [0.15, 0.2) is 0 Å². The second kappa shape index (κ2) is 7.47. The van der Waals surface area contributed by atoms with Crippen LogP contribution in [0, 0.1) is 5.41 Å². The van der Waals surface area contributed by atoms with Crippen molar-refractivity contribution in [1.82, 2.24) is 5.32 Å². The van der Waals surface area contributed by atoms with Gasteiger partial charge in [-0.05, 0) is 53.7 Å². The quantitative estimate of drug-likeness (QED) is 0.640. The molecule has 1 aromatic carbocycles. The van der Waals surface area contributed by atoms with Crippen molar-refractivity contribution in [3.05, 3.63) is 29.8 Å². The van der Waals surface area contributed by atoms with E-state index in [2.05, 4.69) is 10.6 Å². The number of amides is 2. The Morgan fingerprint density at radius 1 is 1.00 bits per heavy atom. The Hall–Kier alpha value is -2.37. The lowest BCUT2D eigenvalue weighted by molar-refractivity contribution is -0.139. The molecule has 0 aliphatic heterocycles. The van der Waals surface area contributed by atoms with Gasteiger partial charge in [0.05, 0.1) is 17.9 Å². The normalized spacial score (nSPS) is 11.6. The number of anilines is 1. The second-order valence-corrected chi connectivity index (χ2v) is 7.05. The molecular weight excluding hydrogens is 308 g/mol. The summed E-state index contributed by atoms with van der Waals surface area (Å²) in [4.78, 5) is 36.9. The van der Waals surface area contributed by atoms with Crippen molar-refractivity contribution in [2.45, 2.75) is 47.1 Å². The minimum absolute atomic E-state index is 0.237. The van der Waals surface area contributed by atoms with E-state index in [1.165, 1.54) is 13.8 Å². The van der Waals surface area contributed by atoms with Crippen LogP contribution in [-0.2, 0) is 14.3 Å². The van der Waals surface area contributed by atoms with E-state index in [9.17, 15) is 14.4 Å². The third kappa shape index (κ3) is 5.08. The Balaban J connectivity index is 2.99. The summed E-state index contributed by atoms with van der Waals surface area (Å²) in [6.45, 7) is 10.5. The van der Waals surface area contributed by atoms with Crippen molar-refractivity contribution in [1.29, 1.82) is 0 Å². The fourth-order valence-electron chi connectivity index (χ4n) is 1.86. The van der Waals surface area contributed by atoms with Crippen molar-refractivity contribution in [3.63, 3.8) is 0 Å². The van der Waals surface area contributed by atoms with Gasteiger partial charge in [-0.2, -0.15) is 0 Å². The summed E-state index contributed by atoms with van der Waals surface area (Å²) in [6, 6.07) is 6.54. The maximum atomic E-state index is 12.6. The minimum Gasteiger partial charge on any atom is -0.462 e. The first kappa shape index (κ1) is 19.7. The van der Waals surface area contributed by atoms with Crippen LogP contribution in [0.3, 0.4) is 0 Å². The fourth-order valence-corrected chi connectivity index (χ4v) is 1.86. The Bertz CT molecular complexity index is 630. The van der Waals surface area contributed by atoms with E-state index in [0.29, 0.717) is 5.69 Å². The molecule has 6 nitrogen and oxygen atoms in total. The number of carbonyl (C=O) groups excluding carboxylic acids is 3. The zero-order valence-electron chi connectivity index (χ0n) is 15.1. The molecule has 1 rings (SSSR count). The van der Waals surface area contributed by atoms with Crippen LogP contribution >= 0.6 is 0 Å². The van der Waals surface area contributed by atoms with Crippen LogP contribution in [0.5, 0.6) is 0 Å². The number of hydrogen-bond donors (Lipinski definition) is 2. The Morgan fingerprint density at radius 2 is 1.58 bits per heavy atom. The number of nitrogens with one attached hydrogen (secondary N) is 2. The minimum atomic E-state index is -1.30. The molecule has 2 N–H and O–H groups in total. The van der Waals surface area contributed by atoms with E-state index in [1.54, 1.807) is 31.2 Å². The highest BCUT2D eigenvalue weighted by Crippen LogP contribution is 2.23. The van der Waals surface area contributed by atoms with Gasteiger partial charge in [0, 0.05) is 5.54 Å². The first-order valence-corrected chi connectivity index (χ1v) is 7.89. The van der Waals surface area contributed by atoms with E-state index >= 15 is 0 Å². The van der Waals surface area contributed by atoms with Gasteiger partial charge in [0.1, 0.15) is 5.41 Å². The molecule has 0 spiro atoms. The molecule has 6 heteroatoms. The molecule has 0 aromatic heterocycles. The summed E-state index contributed by atoms with van der Waals surface area (Å²) < 4.78 is 4.98. The van der Waals surface area contributed by atoms with Crippen molar-refractivity contribution < 1.29 is 19.1 Å². The van der Waals surface area contributed by atoms with Crippen molar-refractivity contribution in [2.75, 3.05) is 11.9 Å². The average Bonchev–Trinajstić information content (AvgIpc) is 2.46. The summed E-state index contributed by atoms with van der Waals surface area (Å²) >= 11 is 0. The molecule has 0 unspecified atom stereocenters. The molecule has 0 bridgehead atoms. The van der Waals surface area contributed by atoms with Crippen LogP contribution in [0.15, 0.2) is 24.3 Å². The topological polar surface area (TPSA) is 84.5 Å². The summed E-state index contributed by atoms with van der Waals surface area (Å²) in [5.41, 5.74) is -1.18. The van der Waals surface area contributed by atoms with Crippen LogP contribution in [0.1, 0.15) is 51.9 Å². The van der Waals surface area contributed by atoms with Gasteiger partial charge in [-0.3, -0.25) is 9.59 Å². The van der Waals surface area contributed by atoms with Gasteiger partial charge in [0.25, 0.3) is 0 Å². The highest BCUT2D eigenvalue weighted by Gasteiger charge is 2.38. The van der Waals surface area contributed by atoms with E-state index in [4.69, 9.17) is 4.74 Å². The number of benzene rings is 1. The fraction of sp³-hybridized carbons (Fsp3) is 0.500. The lowest BCUT2D eigenvalue weighted by atomic mass is 9.89. The zero-order chi connectivity index (χ0) is 18.5. The molecule has 0 radical (unpaired) electrons. The number of ether oxygens (including phenoxy) is 1. The smallest absolute Gasteiger partial charge is 0.340 e. The Labute approximate surface area is 143 Å². The Morgan fingerprint density at radius 3 is 2.12 bits per heavy atom. The van der Waals surface area contributed by atoms with Crippen LogP contribution < -0.4 is 10.6 Å². The van der Waals surface area contributed by atoms with Gasteiger partial charge in [0.2, 0.25) is 11.8 Å². The molecule has 132 valence electrons. The molecule has 0 saturated heterocycles. The zero-order valence-corrected chi connectivity index (χ0v) is 15.1. The first-order chi connectivity index (χ1) is 11.0. The van der Waals surface area contributed by atoms with Gasteiger partial charge >= 0.3 is 5.97 Å². The summed E-state index contributed by atoms with van der Waals surface area (Å²) in [6.07, 6.45) is 0. The molecule has 0 aliphatic rings. The lowest BCUT2D eigenvalue weighted by Crippen LogP contribution is -2.51. The van der Waals surface area contributed by atoms with Crippen molar-refractivity contribution in [3.8, 4) is 0 Å². The monoisotopic (exact) mass is 334 g/mol. The Kier molecular flexibility index (Phi) is 6.12. The number of hydrogen-bond acceptors (Lipinski definition) is 4. The summed E-state index contributed by atoms with van der Waals surface area (Å²) in [5, 5.41) is 5.45. The largest absolute Gasteiger partial charge is 0.462 e. The standard InChI is InChI=1S/C18H26N2O4/c1-7-24-14(21)12-10-8-9-11-13(12)19-15(22)18(5,6)16(23)20-17(2,3)4/h8-11H,7H2,1-6H3,(H,19,22)(H,20,23). The molecule has 0 aliphatic carbocycles. The third-order valence-electron chi connectivity index (χ3n) is 3.29. The predicted molar refractivity (Wildman–Crippen MR) is 92.7 cm³/mol. The van der Waals surface area contributed by atoms with E-state index < -0.39 is 22.8 Å². The van der Waals surface area contributed by atoms with Crippen LogP contribution in [0.4, 0.5) is 5.69 Å². The van der Waals surface area contributed by atoms with E-state index in [0.717, 1.165) is 0 Å². The van der Waals surface area contributed by atoms with Crippen LogP contribution in [0.25, 0.3) is 0 Å². The van der Waals surface area contributed by atoms with Crippen LogP contribution in [-0.4, -0.2) is 29.9 Å². The number of esters is 1. The van der Waals surface area contributed by atoms with E-state index in [1.807, 2.05) is 20.8 Å². The second-order valence-electron chi connectivity index (χ2n) is 7.05. The SMILES string of the molecule is CCOC(=O)c1ccccc1NC(=O)C(C)(C)C(=O)NC(C)(C)C. The van der Waals surface area contributed by atoms with Gasteiger partial charge in [-0.1, -0.05) is 12.1 Å². The van der Waals surface area contributed by atoms with Crippen molar-refractivity contribution in [2.24, 2.45) is 5.41 Å². The predicted octanol–water partition coefficient (Wildman–Crippen LogP) is 2.74. The highest BCUT2D eigenvalue weighted by molar-refractivity contribution is 6.11. The molecule has 0 fully saturated rings. The first-order valence-electron chi connectivity index (χ1n) is 7.89. The maximum absolute atomic E-state index is 12.6. The number of carbonyl (C=O) groups is 3. The molecular formula is C18H26N2O4. The van der Waals surface area contributed by atoms with Crippen molar-refractivity contribution >= 4 is 23.5 Å². The van der Waals surface area contributed by atoms with E-state index in [-0.39, 0.29) is 18.1 Å². The lowest BCUT2D eigenvalue weighted by Gasteiger charge is -2.28. The van der Waals surface area contributed by atoms with Crippen LogP contribution in [0.2, 0.25) is 0 Å². The maximum Gasteiger partial charge on any atom is 0.340 e. The average molecular weight is 334 g/mol. The molecule has 0 saturated carbocycles. The molecule has 2 amide bonds. The molecule has 1 aromatic rings. The van der Waals surface area contributed by atoms with Gasteiger partial charge in [-0.15, -0.1) is 0 Å². The summed E-state index contributed by atoms with van der Waals surface area (Å²) in [5.74, 6) is -1.41. The third-order valence-corrected chi connectivity index (χ3v) is 3.29. The molecule has 0 heterocycles. The summed E-state index contributed by atoms with van der Waals surface area (Å²) in [7, 11) is 0. The van der Waals surface area contributed by atoms with Gasteiger partial charge in [-0.25, -0.2) is 4.79 Å². The number of rotatable bonds is 5.